The smallest absolute Gasteiger partial charge is 0.463 e. The average molecular weight is 1380 g/mol. The van der Waals surface area contributed by atoms with Gasteiger partial charge in [0.05, 0.1) is 26.4 Å². The van der Waals surface area contributed by atoms with E-state index in [1.165, 1.54) is 64.2 Å². The summed E-state index contributed by atoms with van der Waals surface area (Å²) in [5.74, 6) is -1.60. The van der Waals surface area contributed by atoms with Gasteiger partial charge in [-0.2, -0.15) is 0 Å². The Hall–Kier alpha value is -4.05. The van der Waals surface area contributed by atoms with Crippen LogP contribution in [0.15, 0.2) is 122 Å². The van der Waals surface area contributed by atoms with E-state index >= 15 is 0 Å². The molecule has 0 amide bonds. The van der Waals surface area contributed by atoms with E-state index in [1.54, 1.807) is 0 Å². The third-order valence-electron chi connectivity index (χ3n) is 15.2. The molecule has 0 aliphatic heterocycles. The summed E-state index contributed by atoms with van der Waals surface area (Å²) in [5, 5.41) is 20.6. The number of ether oxygens (including phenoxy) is 3. The van der Waals surface area contributed by atoms with Crippen molar-refractivity contribution < 1.29 is 75.8 Å². The van der Waals surface area contributed by atoms with E-state index in [0.717, 1.165) is 167 Å². The van der Waals surface area contributed by atoms with Crippen molar-refractivity contribution in [3.63, 3.8) is 0 Å². The molecule has 95 heavy (non-hydrogen) atoms. The Kier molecular flexibility index (Phi) is 66.9. The van der Waals surface area contributed by atoms with Gasteiger partial charge in [0.2, 0.25) is 0 Å². The molecule has 0 radical (unpaired) electrons. The number of phosphoric acid groups is 2. The van der Waals surface area contributed by atoms with Crippen LogP contribution in [-0.2, 0) is 55.8 Å². The number of aliphatic hydroxyl groups excluding tert-OH is 2. The van der Waals surface area contributed by atoms with Gasteiger partial charge in [-0.05, 0) is 122 Å². The lowest BCUT2D eigenvalue weighted by atomic mass is 10.0. The Bertz CT molecular complexity index is 2210. The molecule has 0 saturated carbocycles. The van der Waals surface area contributed by atoms with Gasteiger partial charge >= 0.3 is 33.6 Å². The van der Waals surface area contributed by atoms with Crippen LogP contribution in [0.4, 0.5) is 0 Å². The first kappa shape index (κ1) is 91.0. The van der Waals surface area contributed by atoms with Gasteiger partial charge in [0.15, 0.2) is 6.10 Å². The predicted octanol–water partition coefficient (Wildman–Crippen LogP) is 21.0. The van der Waals surface area contributed by atoms with E-state index in [-0.39, 0.29) is 19.3 Å². The van der Waals surface area contributed by atoms with Gasteiger partial charge in [0.1, 0.15) is 25.4 Å². The van der Waals surface area contributed by atoms with Crippen molar-refractivity contribution in [2.24, 2.45) is 0 Å². The number of carbonyl (C=O) groups excluding carboxylic acids is 3. The van der Waals surface area contributed by atoms with E-state index in [9.17, 15) is 43.5 Å². The standard InChI is InChI=1S/C77H132O16P2/c1-4-7-10-13-16-19-22-24-26-28-29-30-31-32-33-34-35-36-37-38-39-40-41-43-45-46-49-51-54-57-60-63-75(80)87-66-72(78)67-89-94(83,84)90-68-73(79)69-91-95(85,86)92-71-74(93-77(82)65-62-59-56-53-48-21-18-15-12-9-6-3)70-88-76(81)64-61-58-55-52-50-47-44-42-27-25-23-20-17-14-11-8-5-2/h7-8,10-11,15-20,24-27,29-30,32-33,35-36,72-74,78-79H,4-6,9,12-14,21-23,28,31,34,37-71H2,1-3H3,(H,83,84)(H,85,86)/b10-7-,11-8-,18-15-,19-16-,20-17-,26-24-,27-25-,30-29-,33-32-,36-35-. The minimum absolute atomic E-state index is 0.0909. The Morgan fingerprint density at radius 2 is 0.558 bits per heavy atom. The molecule has 0 bridgehead atoms. The minimum atomic E-state index is -4.93. The Labute approximate surface area is 576 Å². The molecule has 0 aliphatic carbocycles. The molecule has 0 aromatic rings. The van der Waals surface area contributed by atoms with Crippen molar-refractivity contribution in [3.05, 3.63) is 122 Å². The molecule has 0 aromatic heterocycles. The summed E-state index contributed by atoms with van der Waals surface area (Å²) in [7, 11) is -9.78. The van der Waals surface area contributed by atoms with E-state index in [2.05, 4.69) is 142 Å². The predicted molar refractivity (Wildman–Crippen MR) is 390 cm³/mol. The van der Waals surface area contributed by atoms with Crippen LogP contribution in [0.5, 0.6) is 0 Å². The highest BCUT2D eigenvalue weighted by Gasteiger charge is 2.29. The first-order chi connectivity index (χ1) is 46.2. The molecule has 0 aromatic carbocycles. The van der Waals surface area contributed by atoms with Gasteiger partial charge in [0, 0.05) is 19.3 Å². The second-order valence-electron chi connectivity index (χ2n) is 24.3. The molecular weight excluding hydrogens is 1240 g/mol. The van der Waals surface area contributed by atoms with Crippen LogP contribution in [0.2, 0.25) is 0 Å². The number of aliphatic hydroxyl groups is 2. The summed E-state index contributed by atoms with van der Waals surface area (Å²) in [4.78, 5) is 58.4. The lowest BCUT2D eigenvalue weighted by Gasteiger charge is -2.21. The minimum Gasteiger partial charge on any atom is -0.463 e. The van der Waals surface area contributed by atoms with Crippen LogP contribution in [0, 0.1) is 0 Å². The van der Waals surface area contributed by atoms with Gasteiger partial charge in [-0.3, -0.25) is 32.5 Å². The van der Waals surface area contributed by atoms with Crippen LogP contribution >= 0.6 is 15.6 Å². The number of phosphoric ester groups is 2. The summed E-state index contributed by atoms with van der Waals surface area (Å²) in [5.41, 5.74) is 0. The quantitative estimate of drug-likeness (QED) is 0.0146. The van der Waals surface area contributed by atoms with Crippen molar-refractivity contribution in [2.75, 3.05) is 39.6 Å². The van der Waals surface area contributed by atoms with Gasteiger partial charge < -0.3 is 34.2 Å². The molecular formula is C77H132O16P2. The number of unbranched alkanes of at least 4 members (excludes halogenated alkanes) is 26. The molecule has 5 unspecified atom stereocenters. The molecule has 0 heterocycles. The Morgan fingerprint density at radius 3 is 0.895 bits per heavy atom. The van der Waals surface area contributed by atoms with Gasteiger partial charge in [0.25, 0.3) is 0 Å². The molecule has 0 rings (SSSR count). The number of allylic oxidation sites excluding steroid dienone is 20. The van der Waals surface area contributed by atoms with E-state index in [4.69, 9.17) is 32.3 Å². The summed E-state index contributed by atoms with van der Waals surface area (Å²) >= 11 is 0. The SMILES string of the molecule is CC/C=C\C/C=C\C/C=C\C/C=C\C/C=C\C/C=C\CCCCCCCCCCCCCCC(=O)OCC(O)COP(=O)(O)OCC(O)COP(=O)(O)OCC(COC(=O)CCCCCCCCC/C=C\C/C=C\C/C=C\CC)OC(=O)CCCCCCC/C=C\CCCC. The highest BCUT2D eigenvalue weighted by atomic mass is 31.2. The maximum atomic E-state index is 12.9. The molecule has 0 saturated heterocycles. The van der Waals surface area contributed by atoms with Crippen LogP contribution in [0.1, 0.15) is 290 Å². The summed E-state index contributed by atoms with van der Waals surface area (Å²) < 4.78 is 60.9. The molecule has 0 fully saturated rings. The third-order valence-corrected chi connectivity index (χ3v) is 17.1. The normalized spacial score (nSPS) is 14.8. The van der Waals surface area contributed by atoms with E-state index in [0.29, 0.717) is 19.3 Å². The van der Waals surface area contributed by atoms with Crippen LogP contribution in [0.3, 0.4) is 0 Å². The van der Waals surface area contributed by atoms with Crippen LogP contribution in [-0.4, -0.2) is 95.9 Å². The number of esters is 3. The van der Waals surface area contributed by atoms with E-state index in [1.807, 2.05) is 0 Å². The second-order valence-corrected chi connectivity index (χ2v) is 27.2. The largest absolute Gasteiger partial charge is 0.472 e. The fraction of sp³-hybridized carbons (Fsp3) is 0.701. The summed E-state index contributed by atoms with van der Waals surface area (Å²) in [6.45, 7) is 2.38. The second kappa shape index (κ2) is 69.8. The van der Waals surface area contributed by atoms with Gasteiger partial charge in [-0.25, -0.2) is 9.13 Å². The Morgan fingerprint density at radius 1 is 0.305 bits per heavy atom. The molecule has 18 heteroatoms. The lowest BCUT2D eigenvalue weighted by Crippen LogP contribution is -2.30. The number of hydrogen-bond acceptors (Lipinski definition) is 14. The maximum Gasteiger partial charge on any atom is 0.472 e. The monoisotopic (exact) mass is 1370 g/mol. The number of rotatable bonds is 69. The zero-order valence-corrected chi connectivity index (χ0v) is 61.1. The van der Waals surface area contributed by atoms with Crippen LogP contribution in [0.25, 0.3) is 0 Å². The summed E-state index contributed by atoms with van der Waals surface area (Å²) in [6.07, 6.45) is 81.3. The zero-order chi connectivity index (χ0) is 69.5. The first-order valence-electron chi connectivity index (χ1n) is 36.8. The molecule has 16 nitrogen and oxygen atoms in total. The molecule has 5 atom stereocenters. The molecule has 4 N–H and O–H groups in total. The number of carbonyl (C=O) groups is 3. The lowest BCUT2D eigenvalue weighted by molar-refractivity contribution is -0.161. The van der Waals surface area contributed by atoms with Gasteiger partial charge in [-0.1, -0.05) is 271 Å². The summed E-state index contributed by atoms with van der Waals surface area (Å²) in [6, 6.07) is 0. The highest BCUT2D eigenvalue weighted by Crippen LogP contribution is 2.45. The van der Waals surface area contributed by atoms with Crippen molar-refractivity contribution in [1.29, 1.82) is 0 Å². The third kappa shape index (κ3) is 71.1. The maximum absolute atomic E-state index is 12.9. The average Bonchev–Trinajstić information content (AvgIpc) is 1.94. The first-order valence-corrected chi connectivity index (χ1v) is 39.8. The Balaban J connectivity index is 4.40. The topological polar surface area (TPSA) is 231 Å². The molecule has 0 spiro atoms. The van der Waals surface area contributed by atoms with Gasteiger partial charge in [-0.15, -0.1) is 0 Å². The zero-order valence-electron chi connectivity index (χ0n) is 59.3. The van der Waals surface area contributed by atoms with Crippen molar-refractivity contribution in [3.8, 4) is 0 Å². The molecule has 0 aliphatic rings. The van der Waals surface area contributed by atoms with Crippen molar-refractivity contribution in [1.82, 2.24) is 0 Å². The van der Waals surface area contributed by atoms with Crippen LogP contribution < -0.4 is 0 Å². The fourth-order valence-electron chi connectivity index (χ4n) is 9.57. The number of hydrogen-bond donors (Lipinski definition) is 4. The molecule has 546 valence electrons. The highest BCUT2D eigenvalue weighted by molar-refractivity contribution is 7.47. The van der Waals surface area contributed by atoms with E-state index < -0.39 is 91.5 Å². The fourth-order valence-corrected chi connectivity index (χ4v) is 11.2. The van der Waals surface area contributed by atoms with Crippen molar-refractivity contribution >= 4 is 33.6 Å². The van der Waals surface area contributed by atoms with Crippen molar-refractivity contribution in [2.45, 2.75) is 309 Å².